The van der Waals surface area contributed by atoms with Gasteiger partial charge in [0.05, 0.1) is 24.1 Å². The van der Waals surface area contributed by atoms with Crippen molar-refractivity contribution in [3.63, 3.8) is 0 Å². The third-order valence-electron chi connectivity index (χ3n) is 1.71. The van der Waals surface area contributed by atoms with Crippen LogP contribution in [0.2, 0.25) is 0 Å². The van der Waals surface area contributed by atoms with E-state index >= 15 is 0 Å². The van der Waals surface area contributed by atoms with Gasteiger partial charge in [-0.3, -0.25) is 0 Å². The first-order valence-corrected chi connectivity index (χ1v) is 4.81. The Morgan fingerprint density at radius 2 is 2.18 bits per heavy atom. The fourth-order valence-electron chi connectivity index (χ4n) is 1.09. The SMILES string of the molecule is N#CCc1cc(CCl)nc(OC(F)(F)F)c1O. The molecule has 4 nitrogen and oxygen atoms in total. The van der Waals surface area contributed by atoms with E-state index in [1.807, 2.05) is 0 Å². The van der Waals surface area contributed by atoms with Gasteiger partial charge >= 0.3 is 6.36 Å². The number of rotatable bonds is 3. The Kier molecular flexibility index (Phi) is 4.02. The van der Waals surface area contributed by atoms with Gasteiger partial charge < -0.3 is 9.84 Å². The second-order valence-corrected chi connectivity index (χ2v) is 3.21. The topological polar surface area (TPSA) is 66.1 Å². The predicted molar refractivity (Wildman–Crippen MR) is 51.5 cm³/mol. The van der Waals surface area contributed by atoms with Crippen LogP contribution in [-0.4, -0.2) is 16.5 Å². The summed E-state index contributed by atoms with van der Waals surface area (Å²) in [7, 11) is 0. The maximum Gasteiger partial charge on any atom is 0.574 e. The van der Waals surface area contributed by atoms with Crippen LogP contribution in [0.4, 0.5) is 13.2 Å². The minimum atomic E-state index is -4.97. The number of nitrogens with zero attached hydrogens (tertiary/aromatic N) is 2. The Morgan fingerprint density at radius 3 is 2.65 bits per heavy atom. The van der Waals surface area contributed by atoms with Crippen LogP contribution in [-0.2, 0) is 12.3 Å². The van der Waals surface area contributed by atoms with Crippen molar-refractivity contribution < 1.29 is 23.0 Å². The summed E-state index contributed by atoms with van der Waals surface area (Å²) in [5, 5.41) is 17.9. The van der Waals surface area contributed by atoms with E-state index in [0.29, 0.717) is 0 Å². The van der Waals surface area contributed by atoms with Crippen molar-refractivity contribution in [1.82, 2.24) is 4.98 Å². The summed E-state index contributed by atoms with van der Waals surface area (Å²) in [4.78, 5) is 3.39. The highest BCUT2D eigenvalue weighted by Crippen LogP contribution is 2.33. The molecule has 0 saturated carbocycles. The van der Waals surface area contributed by atoms with Crippen LogP contribution in [0.25, 0.3) is 0 Å². The second-order valence-electron chi connectivity index (χ2n) is 2.94. The van der Waals surface area contributed by atoms with Gasteiger partial charge in [-0.2, -0.15) is 5.26 Å². The number of hydrogen-bond donors (Lipinski definition) is 1. The van der Waals surface area contributed by atoms with Gasteiger partial charge in [0.25, 0.3) is 5.88 Å². The van der Waals surface area contributed by atoms with E-state index in [0.717, 1.165) is 0 Å². The van der Waals surface area contributed by atoms with Crippen molar-refractivity contribution in [3.05, 3.63) is 17.3 Å². The molecule has 1 heterocycles. The average molecular weight is 267 g/mol. The molecular formula is C9H6ClF3N2O2. The fraction of sp³-hybridized carbons (Fsp3) is 0.333. The first-order chi connectivity index (χ1) is 7.87. The second kappa shape index (κ2) is 5.10. The summed E-state index contributed by atoms with van der Waals surface area (Å²) >= 11 is 5.43. The predicted octanol–water partition coefficient (Wildman–Crippen LogP) is 2.49. The largest absolute Gasteiger partial charge is 0.574 e. The van der Waals surface area contributed by atoms with Gasteiger partial charge in [-0.25, -0.2) is 4.98 Å². The van der Waals surface area contributed by atoms with Gasteiger partial charge in [0.15, 0.2) is 5.75 Å². The van der Waals surface area contributed by atoms with Crippen molar-refractivity contribution in [2.75, 3.05) is 0 Å². The summed E-state index contributed by atoms with van der Waals surface area (Å²) in [6, 6.07) is 2.94. The number of pyridine rings is 1. The molecule has 0 atom stereocenters. The molecule has 0 aliphatic carbocycles. The highest BCUT2D eigenvalue weighted by Gasteiger charge is 2.33. The minimum Gasteiger partial charge on any atom is -0.503 e. The molecule has 0 radical (unpaired) electrons. The highest BCUT2D eigenvalue weighted by molar-refractivity contribution is 6.16. The lowest BCUT2D eigenvalue weighted by Crippen LogP contribution is -2.18. The quantitative estimate of drug-likeness (QED) is 0.854. The molecule has 0 fully saturated rings. The Labute approximate surface area is 99.2 Å². The van der Waals surface area contributed by atoms with Gasteiger partial charge in [0.2, 0.25) is 0 Å². The first-order valence-electron chi connectivity index (χ1n) is 4.27. The standard InChI is InChI=1S/C9H6ClF3N2O2/c10-4-6-3-5(1-2-14)7(16)8(15-6)17-9(11,12)13/h3,16H,1,4H2. The molecule has 0 unspecified atom stereocenters. The van der Waals surface area contributed by atoms with Gasteiger partial charge in [0.1, 0.15) is 0 Å². The fourth-order valence-corrected chi connectivity index (χ4v) is 1.23. The molecule has 17 heavy (non-hydrogen) atoms. The summed E-state index contributed by atoms with van der Waals surface area (Å²) < 4.78 is 39.5. The number of aromatic nitrogens is 1. The lowest BCUT2D eigenvalue weighted by Gasteiger charge is -2.12. The van der Waals surface area contributed by atoms with Crippen LogP contribution in [0.5, 0.6) is 11.6 Å². The molecule has 92 valence electrons. The normalized spacial score (nSPS) is 11.0. The number of aromatic hydroxyl groups is 1. The molecule has 0 amide bonds. The molecule has 0 spiro atoms. The molecule has 0 saturated heterocycles. The third-order valence-corrected chi connectivity index (χ3v) is 1.99. The van der Waals surface area contributed by atoms with Crippen LogP contribution in [0.3, 0.4) is 0 Å². The van der Waals surface area contributed by atoms with E-state index in [9.17, 15) is 18.3 Å². The van der Waals surface area contributed by atoms with Crippen LogP contribution in [0.1, 0.15) is 11.3 Å². The molecule has 1 N–H and O–H groups in total. The molecule has 8 heteroatoms. The summed E-state index contributed by atoms with van der Waals surface area (Å²) in [6.07, 6.45) is -5.24. The zero-order valence-corrected chi connectivity index (χ0v) is 9.01. The molecule has 0 bridgehead atoms. The number of nitriles is 1. The van der Waals surface area contributed by atoms with Crippen LogP contribution < -0.4 is 4.74 Å². The van der Waals surface area contributed by atoms with Crippen LogP contribution in [0.15, 0.2) is 6.07 Å². The van der Waals surface area contributed by atoms with Crippen molar-refractivity contribution in [2.45, 2.75) is 18.7 Å². The van der Waals surface area contributed by atoms with Crippen LogP contribution in [0, 0.1) is 11.3 Å². The van der Waals surface area contributed by atoms with Crippen molar-refractivity contribution >= 4 is 11.6 Å². The van der Waals surface area contributed by atoms with Gasteiger partial charge in [-0.1, -0.05) is 0 Å². The summed E-state index contributed by atoms with van der Waals surface area (Å²) in [6.45, 7) is 0. The Balaban J connectivity index is 3.20. The zero-order chi connectivity index (χ0) is 13.1. The lowest BCUT2D eigenvalue weighted by molar-refractivity contribution is -0.276. The molecule has 0 aromatic carbocycles. The smallest absolute Gasteiger partial charge is 0.503 e. The van der Waals surface area contributed by atoms with Crippen LogP contribution >= 0.6 is 11.6 Å². The van der Waals surface area contributed by atoms with E-state index in [2.05, 4.69) is 9.72 Å². The van der Waals surface area contributed by atoms with Crippen molar-refractivity contribution in [2.24, 2.45) is 0 Å². The molecule has 0 aliphatic heterocycles. The van der Waals surface area contributed by atoms with Gasteiger partial charge in [0, 0.05) is 5.56 Å². The zero-order valence-electron chi connectivity index (χ0n) is 8.25. The highest BCUT2D eigenvalue weighted by atomic mass is 35.5. The Hall–Kier alpha value is -1.68. The number of hydrogen-bond acceptors (Lipinski definition) is 4. The molecule has 1 rings (SSSR count). The molecular weight excluding hydrogens is 261 g/mol. The van der Waals surface area contributed by atoms with E-state index in [-0.39, 0.29) is 23.6 Å². The number of halogens is 4. The Morgan fingerprint density at radius 1 is 1.53 bits per heavy atom. The van der Waals surface area contributed by atoms with Crippen molar-refractivity contribution in [3.8, 4) is 17.7 Å². The van der Waals surface area contributed by atoms with E-state index in [1.54, 1.807) is 6.07 Å². The molecule has 0 aliphatic rings. The average Bonchev–Trinajstić information content (AvgIpc) is 2.22. The summed E-state index contributed by atoms with van der Waals surface area (Å²) in [5.41, 5.74) is 0.0615. The van der Waals surface area contributed by atoms with E-state index in [4.69, 9.17) is 16.9 Å². The van der Waals surface area contributed by atoms with E-state index < -0.39 is 18.0 Å². The first kappa shape index (κ1) is 13.4. The maximum absolute atomic E-state index is 12.0. The Bertz CT molecular complexity index is 457. The monoisotopic (exact) mass is 266 g/mol. The molecule has 1 aromatic rings. The number of ether oxygens (including phenoxy) is 1. The van der Waals surface area contributed by atoms with Crippen molar-refractivity contribution in [1.29, 1.82) is 5.26 Å². The third kappa shape index (κ3) is 3.67. The molecule has 1 aromatic heterocycles. The summed E-state index contributed by atoms with van der Waals surface area (Å²) in [5.74, 6) is -1.97. The number of alkyl halides is 4. The lowest BCUT2D eigenvalue weighted by atomic mass is 10.1. The van der Waals surface area contributed by atoms with Gasteiger partial charge in [-0.05, 0) is 6.07 Å². The maximum atomic E-state index is 12.0. The van der Waals surface area contributed by atoms with E-state index in [1.165, 1.54) is 6.07 Å². The minimum absolute atomic E-state index is 0.0163. The van der Waals surface area contributed by atoms with Gasteiger partial charge in [-0.15, -0.1) is 24.8 Å².